The fourth-order valence-corrected chi connectivity index (χ4v) is 14.6. The topological polar surface area (TPSA) is 318 Å². The van der Waals surface area contributed by atoms with Crippen LogP contribution in [0.15, 0.2) is 11.6 Å². The van der Waals surface area contributed by atoms with Gasteiger partial charge in [-0.05, 0) is 106 Å². The second kappa shape index (κ2) is 20.4. The van der Waals surface area contributed by atoms with E-state index in [1.54, 1.807) is 13.8 Å². The van der Waals surface area contributed by atoms with Crippen molar-refractivity contribution < 1.29 is 94.8 Å². The first-order valence-electron chi connectivity index (χ1n) is 25.1. The molecule has 3 saturated heterocycles. The molecule has 25 atom stereocenters. The van der Waals surface area contributed by atoms with E-state index >= 15 is 0 Å². The minimum atomic E-state index is -1.90. The van der Waals surface area contributed by atoms with Gasteiger partial charge in [0, 0.05) is 10.8 Å². The summed E-state index contributed by atoms with van der Waals surface area (Å²) in [7, 11) is 0. The van der Waals surface area contributed by atoms with Gasteiger partial charge in [-0.15, -0.1) is 0 Å². The quantitative estimate of drug-likeness (QED) is 0.0906. The van der Waals surface area contributed by atoms with Gasteiger partial charge in [-0.25, -0.2) is 0 Å². The van der Waals surface area contributed by atoms with Gasteiger partial charge in [0.15, 0.2) is 18.9 Å². The molecule has 3 aliphatic heterocycles. The van der Waals surface area contributed by atoms with Crippen molar-refractivity contribution in [1.82, 2.24) is 0 Å². The Morgan fingerprint density at radius 3 is 1.87 bits per heavy atom. The van der Waals surface area contributed by atoms with Crippen LogP contribution in [0.4, 0.5) is 0 Å². The molecule has 3 saturated carbocycles. The van der Waals surface area contributed by atoms with E-state index in [1.807, 2.05) is 0 Å². The summed E-state index contributed by atoms with van der Waals surface area (Å²) in [6.07, 6.45) is -18.1. The lowest BCUT2D eigenvalue weighted by atomic mass is 9.37. The molecule has 0 bridgehead atoms. The zero-order valence-corrected chi connectivity index (χ0v) is 41.0. The molecule has 394 valence electrons. The van der Waals surface area contributed by atoms with Gasteiger partial charge < -0.3 is 94.8 Å². The minimum absolute atomic E-state index is 0.0527. The highest BCUT2D eigenvalue weighted by Crippen LogP contribution is 2.76. The Morgan fingerprint density at radius 1 is 0.706 bits per heavy atom. The molecule has 68 heavy (non-hydrogen) atoms. The summed E-state index contributed by atoms with van der Waals surface area (Å²) in [4.78, 5) is 0. The lowest BCUT2D eigenvalue weighted by molar-refractivity contribution is -0.380. The molecule has 6 fully saturated rings. The van der Waals surface area contributed by atoms with Crippen LogP contribution in [0.3, 0.4) is 0 Å². The van der Waals surface area contributed by atoms with E-state index in [0.717, 1.165) is 32.1 Å². The highest BCUT2D eigenvalue weighted by molar-refractivity contribution is 5.32. The molecule has 0 aromatic rings. The molecule has 0 radical (unpaired) electrons. The summed E-state index contributed by atoms with van der Waals surface area (Å²) in [6.45, 7) is 14.4. The Labute approximate surface area is 400 Å². The van der Waals surface area contributed by atoms with Gasteiger partial charge in [0.25, 0.3) is 0 Å². The predicted octanol–water partition coefficient (Wildman–Crippen LogP) is -0.666. The first kappa shape index (κ1) is 54.7. The number of fused-ring (bicyclic) bond motifs is 5. The van der Waals surface area contributed by atoms with Crippen LogP contribution in [-0.2, 0) is 28.4 Å². The Balaban J connectivity index is 1.11. The highest BCUT2D eigenvalue weighted by atomic mass is 16.8. The Kier molecular flexibility index (Phi) is 16.4. The third-order valence-corrected chi connectivity index (χ3v) is 19.0. The second-order valence-electron chi connectivity index (χ2n) is 23.2. The average Bonchev–Trinajstić information content (AvgIpc) is 3.59. The van der Waals surface area contributed by atoms with E-state index in [-0.39, 0.29) is 51.8 Å². The molecule has 3 heterocycles. The number of aliphatic hydroxyl groups is 13. The molecule has 0 amide bonds. The third kappa shape index (κ3) is 9.21. The molecule has 19 nitrogen and oxygen atoms in total. The van der Waals surface area contributed by atoms with Gasteiger partial charge >= 0.3 is 0 Å². The van der Waals surface area contributed by atoms with Crippen molar-refractivity contribution in [2.75, 3.05) is 19.8 Å². The van der Waals surface area contributed by atoms with E-state index in [2.05, 4.69) is 47.6 Å². The van der Waals surface area contributed by atoms with Gasteiger partial charge in [0.05, 0.1) is 43.7 Å². The van der Waals surface area contributed by atoms with Gasteiger partial charge in [-0.1, -0.05) is 53.2 Å². The maximum absolute atomic E-state index is 12.5. The van der Waals surface area contributed by atoms with E-state index in [9.17, 15) is 66.4 Å². The summed E-state index contributed by atoms with van der Waals surface area (Å²) < 4.78 is 35.5. The normalized spacial score (nSPS) is 50.4. The zero-order valence-electron chi connectivity index (χ0n) is 41.0. The molecule has 13 N–H and O–H groups in total. The van der Waals surface area contributed by atoms with Crippen LogP contribution >= 0.6 is 0 Å². The average molecular weight is 977 g/mol. The Bertz CT molecular complexity index is 1720. The largest absolute Gasteiger partial charge is 0.394 e. The van der Waals surface area contributed by atoms with Gasteiger partial charge in [-0.3, -0.25) is 0 Å². The van der Waals surface area contributed by atoms with E-state index in [4.69, 9.17) is 28.4 Å². The smallest absolute Gasteiger partial charge is 0.187 e. The molecule has 7 aliphatic rings. The van der Waals surface area contributed by atoms with Gasteiger partial charge in [-0.2, -0.15) is 0 Å². The molecular formula is C49H84O19. The van der Waals surface area contributed by atoms with Crippen LogP contribution in [0.5, 0.6) is 0 Å². The Hall–Kier alpha value is -1.02. The lowest BCUT2D eigenvalue weighted by Crippen LogP contribution is -2.65. The van der Waals surface area contributed by atoms with E-state index in [0.29, 0.717) is 19.3 Å². The van der Waals surface area contributed by atoms with Crippen LogP contribution in [-0.4, -0.2) is 202 Å². The fourth-order valence-electron chi connectivity index (χ4n) is 14.6. The van der Waals surface area contributed by atoms with Crippen molar-refractivity contribution in [1.29, 1.82) is 0 Å². The first-order chi connectivity index (χ1) is 31.7. The SMILES string of the molecule is CC[C@@]12CC[C@H]([C@H](C)CC[C@@H](O[C@@H]3O[C@H](CO[C@@H]4O[C@H](CO)[C@@H](O)[C@H](O)[C@H]4O)[C@@H](O)[C@H](O)[C@H]3O[C@@H]3O[C@H](CO)[C@@H](O)[C@H](O)[C@H]3O)C(C)(C)O)[C@@]1(C)C[C@@H](O)[C@@]1(C)[C@@H]3CC[C@H](O)C(C)(C)C3=CC[C@H]12. The van der Waals surface area contributed by atoms with Crippen molar-refractivity contribution in [3.05, 3.63) is 11.6 Å². The molecule has 4 aliphatic carbocycles. The van der Waals surface area contributed by atoms with Gasteiger partial charge in [0.1, 0.15) is 73.2 Å². The standard InChI is InChI=1S/C49H84O19/c1-9-49-17-16-23(47(49,7)18-31(53)48(8)25-12-14-30(52)45(3,4)24(25)11-13-29(48)49)22(2)10-15-32(46(5,6)62)67-44-41(68-43-40(61)37(58)34(55)27(20-51)65-43)38(59)35(56)28(66-44)21-63-42-39(60)36(57)33(54)26(19-50)64-42/h11,22-23,25-44,50-62H,9-10,12-21H2,1-8H3/t22-,23-,25-,26-,27-,28-,29-,30+,31-,32-,33-,34-,35-,36+,37+,38+,39-,40-,41-,42-,43+,44+,47-,48+,49+/m1/s1. The summed E-state index contributed by atoms with van der Waals surface area (Å²) in [6, 6.07) is 0. The van der Waals surface area contributed by atoms with Crippen molar-refractivity contribution >= 4 is 0 Å². The molecule has 0 aromatic heterocycles. The molecule has 19 heteroatoms. The number of aliphatic hydroxyl groups excluding tert-OH is 12. The van der Waals surface area contributed by atoms with Gasteiger partial charge in [0.2, 0.25) is 0 Å². The molecular weight excluding hydrogens is 893 g/mol. The number of hydrogen-bond donors (Lipinski definition) is 13. The van der Waals surface area contributed by atoms with Crippen LogP contribution in [0.25, 0.3) is 0 Å². The molecule has 0 spiro atoms. The molecule has 7 rings (SSSR count). The van der Waals surface area contributed by atoms with Crippen molar-refractivity contribution in [2.45, 2.75) is 229 Å². The first-order valence-corrected chi connectivity index (χ1v) is 25.1. The van der Waals surface area contributed by atoms with E-state index in [1.165, 1.54) is 5.57 Å². The lowest BCUT2D eigenvalue weighted by Gasteiger charge is -2.68. The van der Waals surface area contributed by atoms with Crippen LogP contribution in [0.2, 0.25) is 0 Å². The van der Waals surface area contributed by atoms with Crippen LogP contribution in [0, 0.1) is 45.3 Å². The van der Waals surface area contributed by atoms with Crippen molar-refractivity contribution in [3.8, 4) is 0 Å². The maximum Gasteiger partial charge on any atom is 0.187 e. The highest BCUT2D eigenvalue weighted by Gasteiger charge is 2.71. The maximum atomic E-state index is 12.5. The summed E-state index contributed by atoms with van der Waals surface area (Å²) in [5, 5.41) is 141. The number of hydrogen-bond acceptors (Lipinski definition) is 19. The van der Waals surface area contributed by atoms with Crippen molar-refractivity contribution in [2.24, 2.45) is 45.3 Å². The number of rotatable bonds is 15. The summed E-state index contributed by atoms with van der Waals surface area (Å²) >= 11 is 0. The number of ether oxygens (including phenoxy) is 6. The molecule has 0 unspecified atom stereocenters. The fraction of sp³-hybridized carbons (Fsp3) is 0.959. The van der Waals surface area contributed by atoms with E-state index < -0.39 is 136 Å². The Morgan fingerprint density at radius 2 is 1.28 bits per heavy atom. The zero-order chi connectivity index (χ0) is 50.2. The van der Waals surface area contributed by atoms with Crippen molar-refractivity contribution in [3.63, 3.8) is 0 Å². The summed E-state index contributed by atoms with van der Waals surface area (Å²) in [5.41, 5.74) is -1.26. The van der Waals surface area contributed by atoms with Crippen LogP contribution < -0.4 is 0 Å². The molecule has 0 aromatic carbocycles. The third-order valence-electron chi connectivity index (χ3n) is 19.0. The predicted molar refractivity (Wildman–Crippen MR) is 240 cm³/mol. The minimum Gasteiger partial charge on any atom is -0.394 e. The second-order valence-corrected chi connectivity index (χ2v) is 23.2. The number of allylic oxidation sites excluding steroid dienone is 1. The summed E-state index contributed by atoms with van der Waals surface area (Å²) in [5.74, 6) is 0.699. The van der Waals surface area contributed by atoms with Crippen LogP contribution in [0.1, 0.15) is 113 Å². The monoisotopic (exact) mass is 977 g/mol.